The molecule has 1 fully saturated rings. The maximum absolute atomic E-state index is 13.4. The molecule has 0 bridgehead atoms. The van der Waals surface area contributed by atoms with Crippen LogP contribution in [0.15, 0.2) is 12.1 Å². The van der Waals surface area contributed by atoms with Crippen LogP contribution in [-0.4, -0.2) is 63.1 Å². The maximum Gasteiger partial charge on any atom is 0.586 e. The van der Waals surface area contributed by atoms with E-state index in [-0.39, 0.29) is 23.0 Å². The molecule has 2 N–H and O–H groups in total. The predicted octanol–water partition coefficient (Wildman–Crippen LogP) is 1.44. The van der Waals surface area contributed by atoms with Gasteiger partial charge in [-0.2, -0.15) is 4.52 Å². The molecule has 0 aliphatic carbocycles. The van der Waals surface area contributed by atoms with Crippen molar-refractivity contribution in [3.05, 3.63) is 18.0 Å². The topological polar surface area (TPSA) is 100 Å². The fourth-order valence-electron chi connectivity index (χ4n) is 3.58. The molecule has 148 valence electrons. The summed E-state index contributed by atoms with van der Waals surface area (Å²) in [6.07, 6.45) is -3.11. The van der Waals surface area contributed by atoms with Gasteiger partial charge in [0.15, 0.2) is 23.0 Å². The van der Waals surface area contributed by atoms with Crippen molar-refractivity contribution < 1.29 is 23.0 Å². The molecule has 0 unspecified atom stereocenters. The number of nitrogens with zero attached hydrogens (tertiary/aromatic N) is 5. The zero-order valence-corrected chi connectivity index (χ0v) is 15.1. The minimum Gasteiger partial charge on any atom is -0.395 e. The molecule has 1 aromatic carbocycles. The largest absolute Gasteiger partial charge is 0.586 e. The average Bonchev–Trinajstić information content (AvgIpc) is 3.21. The number of hydrogen-bond donors (Lipinski definition) is 1. The number of morpholine rings is 1. The Labute approximate surface area is 158 Å². The quantitative estimate of drug-likeness (QED) is 0.715. The fourth-order valence-corrected chi connectivity index (χ4v) is 3.58. The van der Waals surface area contributed by atoms with Crippen molar-refractivity contribution in [2.75, 3.05) is 32.0 Å². The maximum atomic E-state index is 13.4. The van der Waals surface area contributed by atoms with Gasteiger partial charge in [-0.3, -0.25) is 4.90 Å². The van der Waals surface area contributed by atoms with Crippen LogP contribution >= 0.6 is 0 Å². The van der Waals surface area contributed by atoms with Crippen LogP contribution < -0.4 is 15.2 Å². The predicted molar refractivity (Wildman–Crippen MR) is 94.5 cm³/mol. The molecular weight excluding hydrogens is 374 g/mol. The molecule has 2 aliphatic rings. The molecule has 3 aromatic rings. The van der Waals surface area contributed by atoms with Gasteiger partial charge in [0.2, 0.25) is 5.95 Å². The SMILES string of the molecule is C[C@H]1COCCN1CCc1nc2c3ccc4c(c3nc(N)n2n1)OC(F)(F)O4. The van der Waals surface area contributed by atoms with Crippen LogP contribution in [0, 0.1) is 0 Å². The van der Waals surface area contributed by atoms with Gasteiger partial charge in [-0.05, 0) is 19.1 Å². The normalized spacial score (nSPS) is 21.6. The highest BCUT2D eigenvalue weighted by molar-refractivity contribution is 5.97. The van der Waals surface area contributed by atoms with E-state index in [1.165, 1.54) is 10.6 Å². The summed E-state index contributed by atoms with van der Waals surface area (Å²) in [5.41, 5.74) is 6.60. The number of ether oxygens (including phenoxy) is 3. The molecule has 0 radical (unpaired) electrons. The van der Waals surface area contributed by atoms with E-state index in [4.69, 9.17) is 10.5 Å². The summed E-state index contributed by atoms with van der Waals surface area (Å²) >= 11 is 0. The van der Waals surface area contributed by atoms with Crippen molar-refractivity contribution in [3.8, 4) is 11.5 Å². The van der Waals surface area contributed by atoms with Crippen LogP contribution in [0.4, 0.5) is 14.7 Å². The number of alkyl halides is 2. The summed E-state index contributed by atoms with van der Waals surface area (Å²) < 4.78 is 42.8. The van der Waals surface area contributed by atoms with Gasteiger partial charge >= 0.3 is 6.29 Å². The summed E-state index contributed by atoms with van der Waals surface area (Å²) in [6, 6.07) is 3.34. The molecule has 1 saturated heterocycles. The molecule has 1 atom stereocenters. The van der Waals surface area contributed by atoms with Crippen molar-refractivity contribution in [1.29, 1.82) is 0 Å². The van der Waals surface area contributed by atoms with Gasteiger partial charge in [-0.15, -0.1) is 13.9 Å². The van der Waals surface area contributed by atoms with E-state index in [9.17, 15) is 8.78 Å². The first kappa shape index (κ1) is 17.3. The number of nitrogens with two attached hydrogens (primary N) is 1. The molecule has 2 aromatic heterocycles. The summed E-state index contributed by atoms with van der Waals surface area (Å²) in [6.45, 7) is 5.17. The van der Waals surface area contributed by atoms with Gasteiger partial charge in [0, 0.05) is 30.9 Å². The van der Waals surface area contributed by atoms with E-state index in [1.807, 2.05) is 0 Å². The lowest BCUT2D eigenvalue weighted by molar-refractivity contribution is -0.286. The molecule has 11 heteroatoms. The van der Waals surface area contributed by atoms with E-state index in [1.54, 1.807) is 6.07 Å². The number of aromatic nitrogens is 4. The summed E-state index contributed by atoms with van der Waals surface area (Å²) in [5, 5.41) is 4.94. The molecule has 4 heterocycles. The highest BCUT2D eigenvalue weighted by Crippen LogP contribution is 2.45. The zero-order valence-electron chi connectivity index (χ0n) is 15.1. The van der Waals surface area contributed by atoms with Crippen LogP contribution in [0.25, 0.3) is 16.6 Å². The number of halogens is 2. The first-order valence-corrected chi connectivity index (χ1v) is 8.97. The van der Waals surface area contributed by atoms with Crippen molar-refractivity contribution in [3.63, 3.8) is 0 Å². The Kier molecular flexibility index (Phi) is 3.78. The smallest absolute Gasteiger partial charge is 0.395 e. The molecule has 28 heavy (non-hydrogen) atoms. The Morgan fingerprint density at radius 1 is 1.29 bits per heavy atom. The lowest BCUT2D eigenvalue weighted by Crippen LogP contribution is -2.44. The van der Waals surface area contributed by atoms with Crippen molar-refractivity contribution in [2.24, 2.45) is 0 Å². The second kappa shape index (κ2) is 6.11. The van der Waals surface area contributed by atoms with Crippen molar-refractivity contribution in [1.82, 2.24) is 24.5 Å². The lowest BCUT2D eigenvalue weighted by Gasteiger charge is -2.32. The van der Waals surface area contributed by atoms with Crippen LogP contribution in [0.1, 0.15) is 12.7 Å². The first-order valence-electron chi connectivity index (χ1n) is 8.97. The first-order chi connectivity index (χ1) is 13.4. The number of nitrogen functional groups attached to an aromatic ring is 1. The van der Waals surface area contributed by atoms with E-state index < -0.39 is 6.29 Å². The van der Waals surface area contributed by atoms with Crippen molar-refractivity contribution >= 4 is 22.5 Å². The summed E-state index contributed by atoms with van der Waals surface area (Å²) in [4.78, 5) is 11.1. The van der Waals surface area contributed by atoms with E-state index in [0.717, 1.165) is 13.1 Å². The Morgan fingerprint density at radius 3 is 2.96 bits per heavy atom. The summed E-state index contributed by atoms with van der Waals surface area (Å²) in [7, 11) is 0. The van der Waals surface area contributed by atoms with Gasteiger partial charge < -0.3 is 19.9 Å². The monoisotopic (exact) mass is 392 g/mol. The molecule has 0 saturated carbocycles. The second-order valence-corrected chi connectivity index (χ2v) is 6.90. The molecule has 9 nitrogen and oxygen atoms in total. The molecular formula is C17H18F2N6O3. The third-order valence-corrected chi connectivity index (χ3v) is 5.01. The van der Waals surface area contributed by atoms with Crippen LogP contribution in [0.2, 0.25) is 0 Å². The Hall–Kier alpha value is -2.79. The number of benzene rings is 1. The Balaban J connectivity index is 1.51. The van der Waals surface area contributed by atoms with E-state index in [2.05, 4.69) is 36.4 Å². The Morgan fingerprint density at radius 2 is 2.14 bits per heavy atom. The van der Waals surface area contributed by atoms with Gasteiger partial charge in [-0.25, -0.2) is 9.97 Å². The minimum atomic E-state index is -3.73. The third-order valence-electron chi connectivity index (χ3n) is 5.01. The van der Waals surface area contributed by atoms with Crippen LogP contribution in [0.3, 0.4) is 0 Å². The molecule has 0 amide bonds. The van der Waals surface area contributed by atoms with E-state index >= 15 is 0 Å². The highest BCUT2D eigenvalue weighted by Gasteiger charge is 2.44. The fraction of sp³-hybridized carbons (Fsp3) is 0.471. The lowest BCUT2D eigenvalue weighted by atomic mass is 10.2. The number of rotatable bonds is 3. The van der Waals surface area contributed by atoms with Gasteiger partial charge in [0.25, 0.3) is 0 Å². The van der Waals surface area contributed by atoms with Crippen molar-refractivity contribution in [2.45, 2.75) is 25.7 Å². The number of fused-ring (bicyclic) bond motifs is 5. The van der Waals surface area contributed by atoms with Crippen LogP contribution in [-0.2, 0) is 11.2 Å². The average molecular weight is 392 g/mol. The highest BCUT2D eigenvalue weighted by atomic mass is 19.3. The molecule has 5 rings (SSSR count). The van der Waals surface area contributed by atoms with Gasteiger partial charge in [0.05, 0.1) is 13.2 Å². The van der Waals surface area contributed by atoms with E-state index in [0.29, 0.717) is 42.5 Å². The molecule has 0 spiro atoms. The third kappa shape index (κ3) is 2.78. The van der Waals surface area contributed by atoms with Crippen LogP contribution in [0.5, 0.6) is 11.5 Å². The number of hydrogen-bond acceptors (Lipinski definition) is 8. The van der Waals surface area contributed by atoms with Gasteiger partial charge in [-0.1, -0.05) is 0 Å². The summed E-state index contributed by atoms with van der Waals surface area (Å²) in [5.74, 6) is 0.397. The minimum absolute atomic E-state index is 0.0354. The standard InChI is InChI=1S/C17H18F2N6O3/c1-9-8-26-7-6-24(9)5-4-12-21-15-10-2-3-11-14(28-17(18,19)27-11)13(10)22-16(20)25(15)23-12/h2-3,9H,4-8H2,1H3,(H2,20,22)/t9-/m0/s1. The Bertz CT molecular complexity index is 1070. The van der Waals surface area contributed by atoms with Gasteiger partial charge in [0.1, 0.15) is 5.52 Å². The zero-order chi connectivity index (χ0) is 19.5. The number of anilines is 1. The second-order valence-electron chi connectivity index (χ2n) is 6.90. The molecule has 2 aliphatic heterocycles.